The molecule has 23 heavy (non-hydrogen) atoms. The molecule has 0 unspecified atom stereocenters. The fourth-order valence-electron chi connectivity index (χ4n) is 2.03. The predicted molar refractivity (Wildman–Crippen MR) is 86.2 cm³/mol. The lowest BCUT2D eigenvalue weighted by molar-refractivity contribution is 0.0355. The Morgan fingerprint density at radius 2 is 1.52 bits per heavy atom. The molecule has 2 aromatic rings. The molecule has 120 valence electrons. The Morgan fingerprint density at radius 1 is 0.957 bits per heavy atom. The molecular formula is C18H19FN2O2. The standard InChI is InChI=1S/C18H19FN2O2/c1-18(2,3)21(17(23)14-11-7-8-12-15(14)19)20-16(22)13-9-5-4-6-10-13/h4-12H,1-3H3,(H,20,22). The lowest BCUT2D eigenvalue weighted by Crippen LogP contribution is -2.56. The molecule has 0 heterocycles. The molecule has 0 aromatic heterocycles. The van der Waals surface area contributed by atoms with Crippen LogP contribution < -0.4 is 5.43 Å². The SMILES string of the molecule is CC(C)(C)N(NC(=O)c1ccccc1)C(=O)c1ccccc1F. The number of amides is 2. The minimum Gasteiger partial charge on any atom is -0.267 e. The molecule has 0 aliphatic heterocycles. The summed E-state index contributed by atoms with van der Waals surface area (Å²) in [5.41, 5.74) is 2.19. The lowest BCUT2D eigenvalue weighted by Gasteiger charge is -2.35. The molecule has 4 nitrogen and oxygen atoms in total. The van der Waals surface area contributed by atoms with Gasteiger partial charge in [0.05, 0.1) is 11.1 Å². The van der Waals surface area contributed by atoms with Crippen molar-refractivity contribution < 1.29 is 14.0 Å². The van der Waals surface area contributed by atoms with Crippen LogP contribution in [0.1, 0.15) is 41.5 Å². The molecule has 0 fully saturated rings. The zero-order valence-electron chi connectivity index (χ0n) is 13.3. The van der Waals surface area contributed by atoms with Crippen molar-refractivity contribution >= 4 is 11.8 Å². The number of hydrogen-bond donors (Lipinski definition) is 1. The molecule has 2 rings (SSSR count). The summed E-state index contributed by atoms with van der Waals surface area (Å²) in [6, 6.07) is 14.2. The van der Waals surface area contributed by atoms with Crippen LogP contribution in [-0.2, 0) is 0 Å². The molecule has 0 atom stereocenters. The van der Waals surface area contributed by atoms with E-state index in [0.29, 0.717) is 5.56 Å². The van der Waals surface area contributed by atoms with Gasteiger partial charge in [0.25, 0.3) is 11.8 Å². The van der Waals surface area contributed by atoms with Crippen LogP contribution in [0, 0.1) is 5.82 Å². The van der Waals surface area contributed by atoms with Crippen molar-refractivity contribution in [3.8, 4) is 0 Å². The van der Waals surface area contributed by atoms with E-state index in [9.17, 15) is 14.0 Å². The molecule has 2 aromatic carbocycles. The molecule has 2 amide bonds. The number of benzene rings is 2. The third kappa shape index (κ3) is 3.94. The summed E-state index contributed by atoms with van der Waals surface area (Å²) in [5, 5.41) is 1.15. The molecule has 0 aliphatic carbocycles. The second-order valence-corrected chi connectivity index (χ2v) is 6.10. The molecule has 1 N–H and O–H groups in total. The highest BCUT2D eigenvalue weighted by Crippen LogP contribution is 2.17. The van der Waals surface area contributed by atoms with E-state index in [-0.39, 0.29) is 5.56 Å². The maximum absolute atomic E-state index is 13.9. The van der Waals surface area contributed by atoms with Crippen LogP contribution in [0.4, 0.5) is 4.39 Å². The number of hydrogen-bond acceptors (Lipinski definition) is 2. The first-order valence-corrected chi connectivity index (χ1v) is 7.26. The summed E-state index contributed by atoms with van der Waals surface area (Å²) < 4.78 is 13.9. The van der Waals surface area contributed by atoms with E-state index in [1.54, 1.807) is 57.2 Å². The van der Waals surface area contributed by atoms with Crippen LogP contribution in [-0.4, -0.2) is 22.4 Å². The minimum absolute atomic E-state index is 0.0872. The van der Waals surface area contributed by atoms with E-state index < -0.39 is 23.2 Å². The maximum atomic E-state index is 13.9. The third-order valence-corrected chi connectivity index (χ3v) is 3.23. The van der Waals surface area contributed by atoms with Gasteiger partial charge in [-0.2, -0.15) is 0 Å². The first-order chi connectivity index (χ1) is 10.8. The van der Waals surface area contributed by atoms with Crippen LogP contribution in [0.5, 0.6) is 0 Å². The third-order valence-electron chi connectivity index (χ3n) is 3.23. The zero-order chi connectivity index (χ0) is 17.0. The highest BCUT2D eigenvalue weighted by atomic mass is 19.1. The molecule has 0 saturated carbocycles. The Hall–Kier alpha value is -2.69. The zero-order valence-corrected chi connectivity index (χ0v) is 13.3. The Kier molecular flexibility index (Phi) is 4.79. The van der Waals surface area contributed by atoms with Gasteiger partial charge in [0.2, 0.25) is 0 Å². The van der Waals surface area contributed by atoms with E-state index in [1.807, 2.05) is 0 Å². The topological polar surface area (TPSA) is 49.4 Å². The van der Waals surface area contributed by atoms with Crippen LogP contribution in [0.3, 0.4) is 0 Å². The van der Waals surface area contributed by atoms with Gasteiger partial charge >= 0.3 is 0 Å². The lowest BCUT2D eigenvalue weighted by atomic mass is 10.1. The van der Waals surface area contributed by atoms with Crippen LogP contribution in [0.25, 0.3) is 0 Å². The van der Waals surface area contributed by atoms with Crippen molar-refractivity contribution in [1.82, 2.24) is 10.4 Å². The van der Waals surface area contributed by atoms with Crippen molar-refractivity contribution in [3.05, 3.63) is 71.5 Å². The van der Waals surface area contributed by atoms with Crippen molar-refractivity contribution in [1.29, 1.82) is 0 Å². The molecule has 0 radical (unpaired) electrons. The smallest absolute Gasteiger partial charge is 0.267 e. The van der Waals surface area contributed by atoms with Gasteiger partial charge in [-0.05, 0) is 45.0 Å². The van der Waals surface area contributed by atoms with E-state index in [4.69, 9.17) is 0 Å². The number of halogens is 1. The van der Waals surface area contributed by atoms with Gasteiger partial charge in [0, 0.05) is 5.56 Å². The molecular weight excluding hydrogens is 295 g/mol. The highest BCUT2D eigenvalue weighted by molar-refractivity contribution is 5.99. The molecule has 0 bridgehead atoms. The fourth-order valence-corrected chi connectivity index (χ4v) is 2.03. The van der Waals surface area contributed by atoms with Gasteiger partial charge in [0.1, 0.15) is 5.82 Å². The van der Waals surface area contributed by atoms with Gasteiger partial charge < -0.3 is 0 Å². The Labute approximate surface area is 134 Å². The van der Waals surface area contributed by atoms with Crippen LogP contribution >= 0.6 is 0 Å². The van der Waals surface area contributed by atoms with Gasteiger partial charge in [-0.15, -0.1) is 0 Å². The number of hydrazine groups is 1. The van der Waals surface area contributed by atoms with Gasteiger partial charge in [-0.25, -0.2) is 9.40 Å². The number of rotatable bonds is 2. The quantitative estimate of drug-likeness (QED) is 0.864. The summed E-state index contributed by atoms with van der Waals surface area (Å²) in [7, 11) is 0. The van der Waals surface area contributed by atoms with Gasteiger partial charge in [0.15, 0.2) is 0 Å². The highest BCUT2D eigenvalue weighted by Gasteiger charge is 2.30. The van der Waals surface area contributed by atoms with Crippen LogP contribution in [0.2, 0.25) is 0 Å². The number of carbonyl (C=O) groups excluding carboxylic acids is 2. The van der Waals surface area contributed by atoms with E-state index in [2.05, 4.69) is 5.43 Å². The monoisotopic (exact) mass is 314 g/mol. The van der Waals surface area contributed by atoms with Gasteiger partial charge in [-0.1, -0.05) is 30.3 Å². The Bertz CT molecular complexity index is 708. The average molecular weight is 314 g/mol. The largest absolute Gasteiger partial charge is 0.275 e. The fraction of sp³-hybridized carbons (Fsp3) is 0.222. The number of carbonyl (C=O) groups is 2. The summed E-state index contributed by atoms with van der Waals surface area (Å²) in [6.45, 7) is 5.28. The minimum atomic E-state index is -0.718. The second kappa shape index (κ2) is 6.60. The van der Waals surface area contributed by atoms with Crippen molar-refractivity contribution in [3.63, 3.8) is 0 Å². The Balaban J connectivity index is 2.30. The molecule has 0 spiro atoms. The number of nitrogens with zero attached hydrogens (tertiary/aromatic N) is 1. The molecule has 0 saturated heterocycles. The normalized spacial score (nSPS) is 11.0. The maximum Gasteiger partial charge on any atom is 0.275 e. The predicted octanol–water partition coefficient (Wildman–Crippen LogP) is 3.41. The Morgan fingerprint density at radius 3 is 2.09 bits per heavy atom. The summed E-state index contributed by atoms with van der Waals surface area (Å²) in [4.78, 5) is 25.0. The second-order valence-electron chi connectivity index (χ2n) is 6.10. The first kappa shape index (κ1) is 16.7. The summed E-state index contributed by atoms with van der Waals surface area (Å²) in [5.74, 6) is -1.65. The van der Waals surface area contributed by atoms with Crippen molar-refractivity contribution in [2.75, 3.05) is 0 Å². The van der Waals surface area contributed by atoms with Crippen molar-refractivity contribution in [2.24, 2.45) is 0 Å². The number of nitrogens with one attached hydrogen (secondary N) is 1. The van der Waals surface area contributed by atoms with E-state index in [1.165, 1.54) is 18.2 Å². The van der Waals surface area contributed by atoms with Gasteiger partial charge in [-0.3, -0.25) is 15.0 Å². The van der Waals surface area contributed by atoms with Crippen LogP contribution in [0.15, 0.2) is 54.6 Å². The summed E-state index contributed by atoms with van der Waals surface area (Å²) >= 11 is 0. The average Bonchev–Trinajstić information content (AvgIpc) is 2.52. The van der Waals surface area contributed by atoms with E-state index >= 15 is 0 Å². The van der Waals surface area contributed by atoms with E-state index in [0.717, 1.165) is 5.01 Å². The molecule has 5 heteroatoms. The summed E-state index contributed by atoms with van der Waals surface area (Å²) in [6.07, 6.45) is 0. The molecule has 0 aliphatic rings. The first-order valence-electron chi connectivity index (χ1n) is 7.26. The van der Waals surface area contributed by atoms with Crippen molar-refractivity contribution in [2.45, 2.75) is 26.3 Å².